The lowest BCUT2D eigenvalue weighted by Gasteiger charge is -2.47. The van der Waals surface area contributed by atoms with Crippen LogP contribution in [0.15, 0.2) is 4.79 Å². The van der Waals surface area contributed by atoms with Crippen LogP contribution in [0.3, 0.4) is 0 Å². The molecule has 9 atom stereocenters. The number of aromatic nitrogens is 2. The second-order valence-corrected chi connectivity index (χ2v) is 15.8. The number of likely N-dealkylation sites (N-methyl/N-ethyl adjacent to an activating group) is 1. The highest BCUT2D eigenvalue weighted by molar-refractivity contribution is 8.00. The van der Waals surface area contributed by atoms with Gasteiger partial charge in [0.15, 0.2) is 0 Å². The Morgan fingerprint density at radius 3 is 2.65 bits per heavy atom. The highest BCUT2D eigenvalue weighted by Crippen LogP contribution is 2.48. The fraction of sp³-hybridized carbons (Fsp3) is 0.853. The van der Waals surface area contributed by atoms with Gasteiger partial charge >= 0.3 is 5.97 Å². The lowest BCUT2D eigenvalue weighted by atomic mass is 9.68. The molecule has 0 spiro atoms. The number of aliphatic carboxylic acids is 1. The van der Waals surface area contributed by atoms with Gasteiger partial charge in [-0.1, -0.05) is 26.2 Å². The van der Waals surface area contributed by atoms with Crippen molar-refractivity contribution in [1.29, 1.82) is 0 Å². The van der Waals surface area contributed by atoms with Gasteiger partial charge in [-0.15, -0.1) is 0 Å². The molecule has 1 aromatic rings. The van der Waals surface area contributed by atoms with Crippen LogP contribution in [-0.2, 0) is 28.9 Å². The van der Waals surface area contributed by atoms with E-state index in [1.165, 1.54) is 32.1 Å². The van der Waals surface area contributed by atoms with Crippen molar-refractivity contribution in [2.45, 2.75) is 140 Å². The quantitative estimate of drug-likeness (QED) is 0.436. The normalized spacial score (nSPS) is 36.8. The van der Waals surface area contributed by atoms with Crippen molar-refractivity contribution in [2.24, 2.45) is 23.7 Å². The number of aryl methyl sites for hydroxylation is 2. The average Bonchev–Trinajstić information content (AvgIpc) is 3.43. The Bertz CT molecular complexity index is 1200. The molecular formula is C34H54N4O4S. The first-order valence-electron chi connectivity index (χ1n) is 17.2. The Balaban J connectivity index is 1.13. The number of piperidine rings is 1. The molecule has 8 nitrogen and oxygen atoms in total. The van der Waals surface area contributed by atoms with E-state index in [1.54, 1.807) is 0 Å². The summed E-state index contributed by atoms with van der Waals surface area (Å²) in [5.74, 6) is 2.06. The molecular weight excluding hydrogens is 560 g/mol. The van der Waals surface area contributed by atoms with Crippen LogP contribution < -0.4 is 10.9 Å². The molecule has 2 saturated carbocycles. The van der Waals surface area contributed by atoms with Gasteiger partial charge in [0.25, 0.3) is 5.56 Å². The van der Waals surface area contributed by atoms with Crippen molar-refractivity contribution in [3.8, 4) is 0 Å². The van der Waals surface area contributed by atoms with E-state index < -0.39 is 5.97 Å². The summed E-state index contributed by atoms with van der Waals surface area (Å²) in [7, 11) is 2.28. The third kappa shape index (κ3) is 6.61. The number of nitrogens with zero attached hydrogens (tertiary/aromatic N) is 3. The van der Waals surface area contributed by atoms with Crippen molar-refractivity contribution < 1.29 is 14.6 Å². The average molecular weight is 615 g/mol. The van der Waals surface area contributed by atoms with Gasteiger partial charge in [-0.3, -0.25) is 14.2 Å². The number of thioether (sulfide) groups is 1. The molecule has 9 heteroatoms. The molecule has 0 amide bonds. The van der Waals surface area contributed by atoms with E-state index in [0.29, 0.717) is 60.0 Å². The second kappa shape index (κ2) is 13.5. The summed E-state index contributed by atoms with van der Waals surface area (Å²) in [6.07, 6.45) is 13.9. The summed E-state index contributed by atoms with van der Waals surface area (Å²) < 4.78 is 8.58. The van der Waals surface area contributed by atoms with E-state index in [-0.39, 0.29) is 23.6 Å². The molecule has 2 saturated heterocycles. The predicted molar refractivity (Wildman–Crippen MR) is 172 cm³/mol. The lowest BCUT2D eigenvalue weighted by Crippen LogP contribution is -2.57. The zero-order valence-electron chi connectivity index (χ0n) is 26.8. The van der Waals surface area contributed by atoms with E-state index in [0.717, 1.165) is 62.0 Å². The van der Waals surface area contributed by atoms with Gasteiger partial charge in [-0.25, -0.2) is 4.98 Å². The summed E-state index contributed by atoms with van der Waals surface area (Å²) in [5.41, 5.74) is 2.08. The van der Waals surface area contributed by atoms with Crippen molar-refractivity contribution >= 4 is 17.7 Å². The minimum atomic E-state index is -0.670. The summed E-state index contributed by atoms with van der Waals surface area (Å²) in [6, 6.07) is 1.43. The Labute approximate surface area is 262 Å². The van der Waals surface area contributed by atoms with Gasteiger partial charge in [0.1, 0.15) is 5.82 Å². The van der Waals surface area contributed by atoms with Crippen LogP contribution in [-0.4, -0.2) is 80.5 Å². The predicted octanol–water partition coefficient (Wildman–Crippen LogP) is 4.68. The topological polar surface area (TPSA) is 96.7 Å². The number of hydrogen-bond donors (Lipinski definition) is 2. The molecule has 43 heavy (non-hydrogen) atoms. The largest absolute Gasteiger partial charge is 0.481 e. The molecule has 4 fully saturated rings. The van der Waals surface area contributed by atoms with Crippen molar-refractivity contribution in [2.75, 3.05) is 19.4 Å². The van der Waals surface area contributed by atoms with Gasteiger partial charge in [-0.2, -0.15) is 11.8 Å². The van der Waals surface area contributed by atoms with Crippen LogP contribution >= 0.6 is 11.8 Å². The smallest absolute Gasteiger partial charge is 0.308 e. The van der Waals surface area contributed by atoms with E-state index in [1.807, 2.05) is 23.3 Å². The number of carboxylic acids is 1. The second-order valence-electron chi connectivity index (χ2n) is 14.6. The SMILES string of the molecule is Cc1nc2c(c(=O)n1CCOC1CCC(C)CC1C1CC(C)NC3C(C(=O)O)CSC13)CC(N(C)C1CCCCC1)CC2. The number of hydrogen-bond acceptors (Lipinski definition) is 7. The molecule has 0 aromatic carbocycles. The first kappa shape index (κ1) is 31.6. The molecule has 5 aliphatic rings. The molecule has 3 aliphatic carbocycles. The maximum atomic E-state index is 13.9. The maximum absolute atomic E-state index is 13.9. The molecule has 2 aliphatic heterocycles. The van der Waals surface area contributed by atoms with Crippen LogP contribution in [0.25, 0.3) is 0 Å². The summed E-state index contributed by atoms with van der Waals surface area (Å²) >= 11 is 1.86. The number of nitrogens with one attached hydrogen (secondary N) is 1. The van der Waals surface area contributed by atoms with Crippen LogP contribution in [0, 0.1) is 30.6 Å². The third-order valence-electron chi connectivity index (χ3n) is 11.8. The fourth-order valence-corrected chi connectivity index (χ4v) is 11.2. The molecule has 9 unspecified atom stereocenters. The number of rotatable bonds is 8. The zero-order chi connectivity index (χ0) is 30.2. The van der Waals surface area contributed by atoms with Crippen molar-refractivity contribution in [1.82, 2.24) is 19.8 Å². The number of fused-ring (bicyclic) bond motifs is 2. The van der Waals surface area contributed by atoms with E-state index in [4.69, 9.17) is 9.72 Å². The minimum absolute atomic E-state index is 0.0397. The number of carboxylic acid groups (broad SMARTS) is 1. The molecule has 1 aromatic heterocycles. The molecule has 0 radical (unpaired) electrons. The Kier molecular flexibility index (Phi) is 9.92. The molecule has 3 heterocycles. The molecule has 2 N–H and O–H groups in total. The summed E-state index contributed by atoms with van der Waals surface area (Å²) in [5, 5.41) is 13.8. The molecule has 6 rings (SSSR count). The highest BCUT2D eigenvalue weighted by Gasteiger charge is 2.51. The Morgan fingerprint density at radius 1 is 1.09 bits per heavy atom. The van der Waals surface area contributed by atoms with Crippen molar-refractivity contribution in [3.63, 3.8) is 0 Å². The van der Waals surface area contributed by atoms with Gasteiger partial charge in [0, 0.05) is 40.7 Å². The number of carbonyl (C=O) groups is 1. The van der Waals surface area contributed by atoms with Gasteiger partial charge in [0.2, 0.25) is 0 Å². The van der Waals surface area contributed by atoms with Crippen LogP contribution in [0.5, 0.6) is 0 Å². The first-order chi connectivity index (χ1) is 20.7. The van der Waals surface area contributed by atoms with E-state index in [9.17, 15) is 14.7 Å². The van der Waals surface area contributed by atoms with Gasteiger partial charge in [-0.05, 0) is 96.4 Å². The maximum Gasteiger partial charge on any atom is 0.308 e. The molecule has 0 bridgehead atoms. The fourth-order valence-electron chi connectivity index (χ4n) is 9.39. The summed E-state index contributed by atoms with van der Waals surface area (Å²) in [6.45, 7) is 7.59. The minimum Gasteiger partial charge on any atom is -0.481 e. The molecule has 240 valence electrons. The van der Waals surface area contributed by atoms with Gasteiger partial charge in [0.05, 0.1) is 30.9 Å². The van der Waals surface area contributed by atoms with Gasteiger partial charge < -0.3 is 20.1 Å². The standard InChI is InChI=1S/C34H54N4O4S/c1-20-10-13-30(25(16-20)26-17-21(2)35-31-28(34(40)41)19-43-32(26)31)42-15-14-38-22(3)36-29-12-11-24(18-27(29)33(38)39)37(4)23-8-6-5-7-9-23/h20-21,23-26,28,30-32,35H,5-19H2,1-4H3,(H,40,41). The van der Waals surface area contributed by atoms with E-state index in [2.05, 4.69) is 31.1 Å². The van der Waals surface area contributed by atoms with Crippen molar-refractivity contribution in [3.05, 3.63) is 27.4 Å². The van der Waals surface area contributed by atoms with Crippen LogP contribution in [0.4, 0.5) is 0 Å². The van der Waals surface area contributed by atoms with Crippen LogP contribution in [0.1, 0.15) is 95.1 Å². The highest BCUT2D eigenvalue weighted by atomic mass is 32.2. The Morgan fingerprint density at radius 2 is 1.88 bits per heavy atom. The third-order valence-corrected chi connectivity index (χ3v) is 13.4. The van der Waals surface area contributed by atoms with Crippen LogP contribution in [0.2, 0.25) is 0 Å². The number of ether oxygens (including phenoxy) is 1. The zero-order valence-corrected chi connectivity index (χ0v) is 27.6. The Hall–Kier alpha value is -1.42. The monoisotopic (exact) mass is 614 g/mol. The van der Waals surface area contributed by atoms with E-state index >= 15 is 0 Å². The summed E-state index contributed by atoms with van der Waals surface area (Å²) in [4.78, 5) is 33.4. The first-order valence-corrected chi connectivity index (χ1v) is 18.3. The lowest BCUT2D eigenvalue weighted by molar-refractivity contribution is -0.142.